The van der Waals surface area contributed by atoms with E-state index in [2.05, 4.69) is 0 Å². The summed E-state index contributed by atoms with van der Waals surface area (Å²) in [7, 11) is 0. The molecule has 1 N–H and O–H groups in total. The van der Waals surface area contributed by atoms with E-state index in [1.165, 1.54) is 35.4 Å². The predicted octanol–water partition coefficient (Wildman–Crippen LogP) is 1.53. The zero-order chi connectivity index (χ0) is 11.7. The number of carboxylic acids is 1. The molecule has 0 saturated heterocycles. The highest BCUT2D eigenvalue weighted by atomic mass is 19.1. The van der Waals surface area contributed by atoms with Crippen LogP contribution in [0.5, 0.6) is 0 Å². The van der Waals surface area contributed by atoms with Gasteiger partial charge in [0.2, 0.25) is 5.91 Å². The molecule has 0 fully saturated rings. The molecule has 0 aliphatic carbocycles. The summed E-state index contributed by atoms with van der Waals surface area (Å²) in [5.41, 5.74) is 0.497. The molecule has 0 aromatic heterocycles. The third-order valence-corrected chi connectivity index (χ3v) is 2.27. The van der Waals surface area contributed by atoms with E-state index in [-0.39, 0.29) is 17.9 Å². The summed E-state index contributed by atoms with van der Waals surface area (Å²) in [6.07, 6.45) is 1.13. The zero-order valence-corrected chi connectivity index (χ0v) is 8.18. The normalized spacial score (nSPS) is 15.2. The number of anilines is 1. The van der Waals surface area contributed by atoms with Crippen molar-refractivity contribution in [2.24, 2.45) is 0 Å². The molecule has 16 heavy (non-hydrogen) atoms. The van der Waals surface area contributed by atoms with Crippen LogP contribution in [0.2, 0.25) is 0 Å². The number of hydrogen-bond acceptors (Lipinski definition) is 2. The van der Waals surface area contributed by atoms with E-state index >= 15 is 0 Å². The Balaban J connectivity index is 2.31. The lowest BCUT2D eigenvalue weighted by Gasteiger charge is -2.12. The van der Waals surface area contributed by atoms with E-state index in [9.17, 15) is 14.0 Å². The first-order chi connectivity index (χ1) is 7.58. The van der Waals surface area contributed by atoms with Crippen LogP contribution in [0.25, 0.3) is 0 Å². The number of halogens is 1. The number of nitrogens with zero attached hydrogens (tertiary/aromatic N) is 1. The molecule has 5 heteroatoms. The van der Waals surface area contributed by atoms with Gasteiger partial charge in [0, 0.05) is 11.9 Å². The molecular weight excluding hydrogens is 213 g/mol. The van der Waals surface area contributed by atoms with Gasteiger partial charge in [-0.25, -0.2) is 9.18 Å². The van der Waals surface area contributed by atoms with Gasteiger partial charge in [-0.15, -0.1) is 0 Å². The van der Waals surface area contributed by atoms with Crippen molar-refractivity contribution in [3.63, 3.8) is 0 Å². The Hall–Kier alpha value is -2.17. The molecule has 1 aromatic carbocycles. The minimum atomic E-state index is -1.11. The molecule has 1 aliphatic heterocycles. The summed E-state index contributed by atoms with van der Waals surface area (Å²) >= 11 is 0. The van der Waals surface area contributed by atoms with Crippen LogP contribution in [-0.2, 0) is 9.59 Å². The fraction of sp³-hybridized carbons (Fsp3) is 0.0909. The molecule has 2 rings (SSSR count). The Morgan fingerprint density at radius 1 is 1.31 bits per heavy atom. The van der Waals surface area contributed by atoms with Crippen LogP contribution < -0.4 is 4.90 Å². The summed E-state index contributed by atoms with van der Waals surface area (Å²) in [4.78, 5) is 23.4. The Kier molecular flexibility index (Phi) is 2.44. The maximum Gasteiger partial charge on any atom is 0.333 e. The van der Waals surface area contributed by atoms with Gasteiger partial charge in [-0.3, -0.25) is 9.69 Å². The molecule has 0 atom stereocenters. The molecule has 0 saturated carbocycles. The highest BCUT2D eigenvalue weighted by molar-refractivity contribution is 6.07. The number of hydrogen-bond donors (Lipinski definition) is 1. The van der Waals surface area contributed by atoms with Crippen LogP contribution in [0.1, 0.15) is 6.42 Å². The summed E-state index contributed by atoms with van der Waals surface area (Å²) in [6.45, 7) is 0. The van der Waals surface area contributed by atoms with Crippen LogP contribution in [0, 0.1) is 5.82 Å². The Bertz CT molecular complexity index is 479. The Morgan fingerprint density at radius 2 is 1.94 bits per heavy atom. The van der Waals surface area contributed by atoms with E-state index in [1.54, 1.807) is 0 Å². The number of aliphatic carboxylic acids is 1. The molecule has 0 spiro atoms. The smallest absolute Gasteiger partial charge is 0.333 e. The second-order valence-corrected chi connectivity index (χ2v) is 3.38. The number of carbonyl (C=O) groups is 2. The molecule has 0 unspecified atom stereocenters. The largest absolute Gasteiger partial charge is 0.478 e. The molecule has 1 aromatic rings. The third kappa shape index (κ3) is 1.79. The lowest BCUT2D eigenvalue weighted by atomic mass is 10.2. The van der Waals surface area contributed by atoms with Crippen LogP contribution in [0.15, 0.2) is 36.0 Å². The summed E-state index contributed by atoms with van der Waals surface area (Å²) in [6, 6.07) is 5.29. The molecular formula is C11H8FNO3. The van der Waals surface area contributed by atoms with Gasteiger partial charge in [0.25, 0.3) is 0 Å². The van der Waals surface area contributed by atoms with Crippen LogP contribution >= 0.6 is 0 Å². The van der Waals surface area contributed by atoms with Crippen molar-refractivity contribution in [2.45, 2.75) is 6.42 Å². The van der Waals surface area contributed by atoms with E-state index in [4.69, 9.17) is 5.11 Å². The zero-order valence-electron chi connectivity index (χ0n) is 8.18. The van der Waals surface area contributed by atoms with Crippen molar-refractivity contribution in [3.8, 4) is 0 Å². The number of amides is 1. The average Bonchev–Trinajstić information content (AvgIpc) is 2.62. The molecule has 82 valence electrons. The minimum Gasteiger partial charge on any atom is -0.478 e. The molecule has 4 nitrogen and oxygen atoms in total. The summed E-state index contributed by atoms with van der Waals surface area (Å²) in [5.74, 6) is -1.85. The number of carbonyl (C=O) groups excluding carboxylic acids is 1. The highest BCUT2D eigenvalue weighted by Gasteiger charge is 2.26. The van der Waals surface area contributed by atoms with Crippen molar-refractivity contribution in [3.05, 3.63) is 41.9 Å². The van der Waals surface area contributed by atoms with Crippen molar-refractivity contribution in [1.29, 1.82) is 0 Å². The fourth-order valence-electron chi connectivity index (χ4n) is 1.47. The standard InChI is InChI=1S/C11H8FNO3/c12-8-1-3-9(4-2-8)13-6-7(11(15)16)5-10(13)14/h1-4,6H,5H2,(H,15,16). The lowest BCUT2D eigenvalue weighted by molar-refractivity contribution is -0.133. The minimum absolute atomic E-state index is 0.0364. The quantitative estimate of drug-likeness (QED) is 0.823. The maximum atomic E-state index is 12.7. The van der Waals surface area contributed by atoms with Gasteiger partial charge in [-0.05, 0) is 24.3 Å². The first kappa shape index (κ1) is 10.4. The van der Waals surface area contributed by atoms with E-state index in [0.717, 1.165) is 0 Å². The van der Waals surface area contributed by atoms with Crippen molar-refractivity contribution in [1.82, 2.24) is 0 Å². The highest BCUT2D eigenvalue weighted by Crippen LogP contribution is 2.24. The number of rotatable bonds is 2. The average molecular weight is 221 g/mol. The summed E-state index contributed by atoms with van der Waals surface area (Å²) in [5, 5.41) is 8.73. The second kappa shape index (κ2) is 3.77. The lowest BCUT2D eigenvalue weighted by Crippen LogP contribution is -2.19. The van der Waals surface area contributed by atoms with Gasteiger partial charge in [0.1, 0.15) is 5.82 Å². The Morgan fingerprint density at radius 3 is 2.44 bits per heavy atom. The molecule has 1 aliphatic rings. The number of benzene rings is 1. The molecule has 1 amide bonds. The van der Waals surface area contributed by atoms with E-state index in [0.29, 0.717) is 5.69 Å². The van der Waals surface area contributed by atoms with Crippen molar-refractivity contribution < 1.29 is 19.1 Å². The van der Waals surface area contributed by atoms with E-state index < -0.39 is 11.8 Å². The fourth-order valence-corrected chi connectivity index (χ4v) is 1.47. The van der Waals surface area contributed by atoms with Crippen LogP contribution in [0.4, 0.5) is 10.1 Å². The van der Waals surface area contributed by atoms with Gasteiger partial charge < -0.3 is 5.11 Å². The summed E-state index contributed by atoms with van der Waals surface area (Å²) < 4.78 is 12.7. The van der Waals surface area contributed by atoms with Gasteiger partial charge in [0.05, 0.1) is 12.0 Å². The van der Waals surface area contributed by atoms with Crippen molar-refractivity contribution >= 4 is 17.6 Å². The Labute approximate surface area is 90.6 Å². The first-order valence-corrected chi connectivity index (χ1v) is 4.59. The number of carboxylic acid groups (broad SMARTS) is 1. The van der Waals surface area contributed by atoms with Crippen molar-refractivity contribution in [2.75, 3.05) is 4.90 Å². The first-order valence-electron chi connectivity index (χ1n) is 4.59. The topological polar surface area (TPSA) is 57.6 Å². The molecule has 0 bridgehead atoms. The van der Waals surface area contributed by atoms with Gasteiger partial charge in [-0.2, -0.15) is 0 Å². The molecule has 0 radical (unpaired) electrons. The monoisotopic (exact) mass is 221 g/mol. The maximum absolute atomic E-state index is 12.7. The van der Waals surface area contributed by atoms with Gasteiger partial charge in [0.15, 0.2) is 0 Å². The SMILES string of the molecule is O=C(O)C1=CN(c2ccc(F)cc2)C(=O)C1. The third-order valence-electron chi connectivity index (χ3n) is 2.27. The molecule has 1 heterocycles. The predicted molar refractivity (Wildman–Crippen MR) is 54.2 cm³/mol. The second-order valence-electron chi connectivity index (χ2n) is 3.38. The van der Waals surface area contributed by atoms with Crippen LogP contribution in [0.3, 0.4) is 0 Å². The van der Waals surface area contributed by atoms with Gasteiger partial charge in [-0.1, -0.05) is 0 Å². The van der Waals surface area contributed by atoms with Crippen LogP contribution in [-0.4, -0.2) is 17.0 Å². The van der Waals surface area contributed by atoms with E-state index in [1.807, 2.05) is 0 Å². The van der Waals surface area contributed by atoms with Gasteiger partial charge >= 0.3 is 5.97 Å².